The number of ether oxygens (including phenoxy) is 1. The first-order valence-corrected chi connectivity index (χ1v) is 10.1. The fourth-order valence-electron chi connectivity index (χ4n) is 4.15. The number of hydrogen-bond donors (Lipinski definition) is 0. The van der Waals surface area contributed by atoms with Gasteiger partial charge in [-0.3, -0.25) is 4.79 Å². The largest absolute Gasteiger partial charge is 0.497 e. The molecule has 0 spiro atoms. The van der Waals surface area contributed by atoms with Crippen molar-refractivity contribution in [3.63, 3.8) is 0 Å². The second-order valence-corrected chi connectivity index (χ2v) is 7.81. The number of piperidine rings is 1. The van der Waals surface area contributed by atoms with E-state index in [1.807, 2.05) is 35.4 Å². The van der Waals surface area contributed by atoms with Crippen molar-refractivity contribution in [2.45, 2.75) is 44.7 Å². The van der Waals surface area contributed by atoms with Gasteiger partial charge in [0.15, 0.2) is 5.82 Å². The van der Waals surface area contributed by atoms with Crippen LogP contribution in [0.25, 0.3) is 0 Å². The molecule has 0 radical (unpaired) electrons. The first-order chi connectivity index (χ1) is 13.6. The fraction of sp³-hybridized carbons (Fsp3) is 0.500. The molecule has 6 heteroatoms. The molecule has 28 heavy (non-hydrogen) atoms. The zero-order valence-corrected chi connectivity index (χ0v) is 16.7. The standard InChI is InChI=1S/C22H28N4O2/c1-25-12-10-19-17(15-25)14-23-22(24-19)20-5-3-4-11-26(20)21(27)13-16-6-8-18(28-2)9-7-16/h6-9,14,20H,3-5,10-13,15H2,1-2H3/t20-/m1/s1. The first-order valence-electron chi connectivity index (χ1n) is 10.1. The number of hydrogen-bond acceptors (Lipinski definition) is 5. The van der Waals surface area contributed by atoms with Crippen molar-refractivity contribution < 1.29 is 9.53 Å². The number of methoxy groups -OCH3 is 1. The molecule has 0 N–H and O–H groups in total. The van der Waals surface area contributed by atoms with Crippen LogP contribution in [0.5, 0.6) is 5.75 Å². The van der Waals surface area contributed by atoms with Gasteiger partial charge in [-0.2, -0.15) is 0 Å². The molecule has 2 aliphatic rings. The zero-order valence-electron chi connectivity index (χ0n) is 16.7. The molecule has 1 aromatic heterocycles. The van der Waals surface area contributed by atoms with E-state index in [2.05, 4.69) is 16.9 Å². The van der Waals surface area contributed by atoms with Crippen LogP contribution < -0.4 is 4.74 Å². The Hall–Kier alpha value is -2.47. The Bertz CT molecular complexity index is 837. The van der Waals surface area contributed by atoms with E-state index in [-0.39, 0.29) is 11.9 Å². The van der Waals surface area contributed by atoms with E-state index in [1.54, 1.807) is 7.11 Å². The van der Waals surface area contributed by atoms with Gasteiger partial charge in [-0.15, -0.1) is 0 Å². The molecule has 0 unspecified atom stereocenters. The predicted molar refractivity (Wildman–Crippen MR) is 107 cm³/mol. The van der Waals surface area contributed by atoms with Crippen molar-refractivity contribution in [2.75, 3.05) is 27.2 Å². The highest BCUT2D eigenvalue weighted by molar-refractivity contribution is 5.79. The molecule has 1 aromatic carbocycles. The van der Waals surface area contributed by atoms with Gasteiger partial charge < -0.3 is 14.5 Å². The van der Waals surface area contributed by atoms with E-state index in [0.29, 0.717) is 6.42 Å². The van der Waals surface area contributed by atoms with Gasteiger partial charge in [-0.1, -0.05) is 12.1 Å². The van der Waals surface area contributed by atoms with E-state index in [9.17, 15) is 4.79 Å². The maximum atomic E-state index is 13.1. The molecule has 0 bridgehead atoms. The fourth-order valence-corrected chi connectivity index (χ4v) is 4.15. The van der Waals surface area contributed by atoms with Crippen LogP contribution in [0.15, 0.2) is 30.5 Å². The van der Waals surface area contributed by atoms with Gasteiger partial charge in [0.05, 0.1) is 19.6 Å². The summed E-state index contributed by atoms with van der Waals surface area (Å²) in [7, 11) is 3.77. The van der Waals surface area contributed by atoms with Crippen molar-refractivity contribution in [3.8, 4) is 5.75 Å². The topological polar surface area (TPSA) is 58.6 Å². The number of nitrogens with zero attached hydrogens (tertiary/aromatic N) is 4. The van der Waals surface area contributed by atoms with Gasteiger partial charge in [-0.05, 0) is 44.0 Å². The summed E-state index contributed by atoms with van der Waals surface area (Å²) in [6.45, 7) is 2.71. The number of likely N-dealkylation sites (N-methyl/N-ethyl adjacent to an activating group) is 1. The summed E-state index contributed by atoms with van der Waals surface area (Å²) in [5, 5.41) is 0. The first kappa shape index (κ1) is 18.9. The highest BCUT2D eigenvalue weighted by Gasteiger charge is 2.30. The van der Waals surface area contributed by atoms with Crippen LogP contribution in [-0.2, 0) is 24.2 Å². The quantitative estimate of drug-likeness (QED) is 0.816. The lowest BCUT2D eigenvalue weighted by atomic mass is 9.99. The highest BCUT2D eigenvalue weighted by Crippen LogP contribution is 2.30. The second kappa shape index (κ2) is 8.27. The molecule has 2 aliphatic heterocycles. The van der Waals surface area contributed by atoms with Gasteiger partial charge in [0.25, 0.3) is 0 Å². The molecule has 148 valence electrons. The Morgan fingerprint density at radius 1 is 1.21 bits per heavy atom. The third-order valence-electron chi connectivity index (χ3n) is 5.78. The Kier molecular flexibility index (Phi) is 5.57. The van der Waals surface area contributed by atoms with Crippen LogP contribution in [-0.4, -0.2) is 52.9 Å². The molecular formula is C22H28N4O2. The molecule has 1 saturated heterocycles. The number of carbonyl (C=O) groups is 1. The monoisotopic (exact) mass is 380 g/mol. The van der Waals surface area contributed by atoms with Crippen molar-refractivity contribution >= 4 is 5.91 Å². The normalized spacial score (nSPS) is 19.9. The van der Waals surface area contributed by atoms with Crippen molar-refractivity contribution in [1.82, 2.24) is 19.8 Å². The van der Waals surface area contributed by atoms with Gasteiger partial charge >= 0.3 is 0 Å². The SMILES string of the molecule is COc1ccc(CC(=O)N2CCCC[C@@H]2c2ncc3c(n2)CCN(C)C3)cc1. The average Bonchev–Trinajstić information content (AvgIpc) is 2.74. The van der Waals surface area contributed by atoms with Gasteiger partial charge in [0.1, 0.15) is 5.75 Å². The Morgan fingerprint density at radius 2 is 2.04 bits per heavy atom. The summed E-state index contributed by atoms with van der Waals surface area (Å²) >= 11 is 0. The van der Waals surface area contributed by atoms with E-state index in [0.717, 1.165) is 68.1 Å². The third-order valence-corrected chi connectivity index (χ3v) is 5.78. The van der Waals surface area contributed by atoms with Gasteiger partial charge in [0.2, 0.25) is 5.91 Å². The lowest BCUT2D eigenvalue weighted by molar-refractivity contribution is -0.134. The lowest BCUT2D eigenvalue weighted by Crippen LogP contribution is -2.40. The smallest absolute Gasteiger partial charge is 0.227 e. The Morgan fingerprint density at radius 3 is 2.82 bits per heavy atom. The minimum Gasteiger partial charge on any atom is -0.497 e. The second-order valence-electron chi connectivity index (χ2n) is 7.81. The molecule has 0 saturated carbocycles. The van der Waals surface area contributed by atoms with Crippen molar-refractivity contribution in [3.05, 3.63) is 53.1 Å². The van der Waals surface area contributed by atoms with Gasteiger partial charge in [-0.25, -0.2) is 9.97 Å². The van der Waals surface area contributed by atoms with Crippen LogP contribution in [0.4, 0.5) is 0 Å². The maximum Gasteiger partial charge on any atom is 0.227 e. The summed E-state index contributed by atoms with van der Waals surface area (Å²) in [6, 6.07) is 7.72. The number of fused-ring (bicyclic) bond motifs is 1. The average molecular weight is 380 g/mol. The van der Waals surface area contributed by atoms with Crippen LogP contribution in [0.3, 0.4) is 0 Å². The number of likely N-dealkylation sites (tertiary alicyclic amines) is 1. The highest BCUT2D eigenvalue weighted by atomic mass is 16.5. The molecule has 3 heterocycles. The van der Waals surface area contributed by atoms with Crippen molar-refractivity contribution in [1.29, 1.82) is 0 Å². The van der Waals surface area contributed by atoms with Crippen LogP contribution >= 0.6 is 0 Å². The Balaban J connectivity index is 1.51. The van der Waals surface area contributed by atoms with Crippen LogP contribution in [0, 0.1) is 0 Å². The summed E-state index contributed by atoms with van der Waals surface area (Å²) in [6.07, 6.45) is 6.41. The van der Waals surface area contributed by atoms with Crippen LogP contribution in [0.1, 0.15) is 47.9 Å². The molecule has 1 atom stereocenters. The zero-order chi connectivity index (χ0) is 19.5. The van der Waals surface area contributed by atoms with Crippen LogP contribution in [0.2, 0.25) is 0 Å². The van der Waals surface area contributed by atoms with Gasteiger partial charge in [0, 0.05) is 43.5 Å². The molecule has 0 aliphatic carbocycles. The molecule has 2 aromatic rings. The lowest BCUT2D eigenvalue weighted by Gasteiger charge is -2.35. The molecule has 1 fully saturated rings. The predicted octanol–water partition coefficient (Wildman–Crippen LogP) is 2.77. The molecule has 6 nitrogen and oxygen atoms in total. The number of carbonyl (C=O) groups excluding carboxylic acids is 1. The van der Waals surface area contributed by atoms with E-state index in [1.165, 1.54) is 5.56 Å². The maximum absolute atomic E-state index is 13.1. The van der Waals surface area contributed by atoms with E-state index >= 15 is 0 Å². The summed E-state index contributed by atoms with van der Waals surface area (Å²) in [5.74, 6) is 1.77. The third kappa shape index (κ3) is 4.02. The van der Waals surface area contributed by atoms with Crippen molar-refractivity contribution in [2.24, 2.45) is 0 Å². The molecule has 1 amide bonds. The summed E-state index contributed by atoms with van der Waals surface area (Å²) < 4.78 is 5.20. The van der Waals surface area contributed by atoms with E-state index in [4.69, 9.17) is 9.72 Å². The number of aromatic nitrogens is 2. The number of amides is 1. The Labute approximate surface area is 166 Å². The summed E-state index contributed by atoms with van der Waals surface area (Å²) in [4.78, 5) is 26.9. The van der Waals surface area contributed by atoms with E-state index < -0.39 is 0 Å². The minimum atomic E-state index is -0.00976. The summed E-state index contributed by atoms with van der Waals surface area (Å²) in [5.41, 5.74) is 3.37. The molecule has 4 rings (SSSR count). The number of benzene rings is 1. The minimum absolute atomic E-state index is 0.00976. The number of rotatable bonds is 4. The molecular weight excluding hydrogens is 352 g/mol.